The fourth-order valence-electron chi connectivity index (χ4n) is 1.74. The highest BCUT2D eigenvalue weighted by molar-refractivity contribution is 9.10. The summed E-state index contributed by atoms with van der Waals surface area (Å²) in [6.45, 7) is 3.17. The van der Waals surface area contributed by atoms with Crippen molar-refractivity contribution in [1.82, 2.24) is 0 Å². The number of hydrogen-bond acceptors (Lipinski definition) is 1. The molecule has 0 aliphatic heterocycles. The first-order chi connectivity index (χ1) is 6.77. The maximum absolute atomic E-state index is 5.76. The lowest BCUT2D eigenvalue weighted by Crippen LogP contribution is -2.28. The lowest BCUT2D eigenvalue weighted by molar-refractivity contribution is 0.116. The standard InChI is InChI=1S/C12H15BrO/c1-9-6-7-10(9)8-14-12-5-3-2-4-11(12)13/h2-5,9-10H,6-8H2,1H3/t9-,10+/m0/s1. The molecule has 14 heavy (non-hydrogen) atoms. The summed E-state index contributed by atoms with van der Waals surface area (Å²) in [5.74, 6) is 2.58. The van der Waals surface area contributed by atoms with Gasteiger partial charge in [0.2, 0.25) is 0 Å². The van der Waals surface area contributed by atoms with Gasteiger partial charge in [0.15, 0.2) is 0 Å². The van der Waals surface area contributed by atoms with Gasteiger partial charge in [-0.1, -0.05) is 19.1 Å². The maximum Gasteiger partial charge on any atom is 0.133 e. The van der Waals surface area contributed by atoms with E-state index in [1.807, 2.05) is 24.3 Å². The molecule has 0 unspecified atom stereocenters. The predicted octanol–water partition coefficient (Wildman–Crippen LogP) is 3.87. The van der Waals surface area contributed by atoms with E-state index in [-0.39, 0.29) is 0 Å². The highest BCUT2D eigenvalue weighted by atomic mass is 79.9. The fourth-order valence-corrected chi connectivity index (χ4v) is 2.14. The average Bonchev–Trinajstić information content (AvgIpc) is 2.19. The molecule has 0 saturated heterocycles. The average molecular weight is 255 g/mol. The number of hydrogen-bond donors (Lipinski definition) is 0. The molecule has 1 fully saturated rings. The molecule has 76 valence electrons. The summed E-state index contributed by atoms with van der Waals surface area (Å²) in [6.07, 6.45) is 2.69. The predicted molar refractivity (Wildman–Crippen MR) is 61.5 cm³/mol. The van der Waals surface area contributed by atoms with Crippen molar-refractivity contribution < 1.29 is 4.74 Å². The number of halogens is 1. The molecule has 1 nitrogen and oxygen atoms in total. The lowest BCUT2D eigenvalue weighted by atomic mass is 9.75. The summed E-state index contributed by atoms with van der Waals surface area (Å²) in [6, 6.07) is 8.03. The zero-order valence-corrected chi connectivity index (χ0v) is 9.96. The van der Waals surface area contributed by atoms with Crippen molar-refractivity contribution in [3.05, 3.63) is 28.7 Å². The van der Waals surface area contributed by atoms with E-state index < -0.39 is 0 Å². The van der Waals surface area contributed by atoms with Crippen LogP contribution in [0.3, 0.4) is 0 Å². The van der Waals surface area contributed by atoms with Crippen LogP contribution in [0.2, 0.25) is 0 Å². The zero-order valence-electron chi connectivity index (χ0n) is 8.37. The molecular weight excluding hydrogens is 240 g/mol. The summed E-state index contributed by atoms with van der Waals surface area (Å²) in [4.78, 5) is 0. The third kappa shape index (κ3) is 2.11. The summed E-state index contributed by atoms with van der Waals surface area (Å²) < 4.78 is 6.81. The van der Waals surface area contributed by atoms with E-state index in [1.54, 1.807) is 0 Å². The van der Waals surface area contributed by atoms with E-state index in [2.05, 4.69) is 22.9 Å². The van der Waals surface area contributed by atoms with Gasteiger partial charge in [0.1, 0.15) is 5.75 Å². The Hall–Kier alpha value is -0.500. The molecule has 0 bridgehead atoms. The number of rotatable bonds is 3. The fraction of sp³-hybridized carbons (Fsp3) is 0.500. The molecule has 2 heteroatoms. The largest absolute Gasteiger partial charge is 0.492 e. The molecule has 0 amide bonds. The number of para-hydroxylation sites is 1. The van der Waals surface area contributed by atoms with Crippen LogP contribution in [0.25, 0.3) is 0 Å². The van der Waals surface area contributed by atoms with Gasteiger partial charge in [-0.2, -0.15) is 0 Å². The van der Waals surface area contributed by atoms with E-state index in [1.165, 1.54) is 12.8 Å². The first-order valence-corrected chi connectivity index (χ1v) is 5.94. The summed E-state index contributed by atoms with van der Waals surface area (Å²) in [5, 5.41) is 0. The maximum atomic E-state index is 5.76. The smallest absolute Gasteiger partial charge is 0.133 e. The second kappa shape index (κ2) is 4.35. The monoisotopic (exact) mass is 254 g/mol. The van der Waals surface area contributed by atoms with Crippen molar-refractivity contribution >= 4 is 15.9 Å². The van der Waals surface area contributed by atoms with Crippen LogP contribution in [0.4, 0.5) is 0 Å². The molecule has 0 aromatic heterocycles. The van der Waals surface area contributed by atoms with Crippen LogP contribution in [0.15, 0.2) is 28.7 Å². The van der Waals surface area contributed by atoms with Gasteiger partial charge in [0.05, 0.1) is 11.1 Å². The molecule has 1 aliphatic rings. The Morgan fingerprint density at radius 3 is 2.71 bits per heavy atom. The first kappa shape index (κ1) is 10.0. The second-order valence-corrected chi connectivity index (χ2v) is 4.91. The van der Waals surface area contributed by atoms with Crippen LogP contribution in [0.1, 0.15) is 19.8 Å². The normalized spacial score (nSPS) is 25.6. The van der Waals surface area contributed by atoms with Gasteiger partial charge in [-0.25, -0.2) is 0 Å². The SMILES string of the molecule is C[C@H]1CC[C@@H]1COc1ccccc1Br. The van der Waals surface area contributed by atoms with E-state index in [9.17, 15) is 0 Å². The van der Waals surface area contributed by atoms with Crippen LogP contribution in [0.5, 0.6) is 5.75 Å². The molecule has 1 aliphatic carbocycles. The molecule has 1 saturated carbocycles. The lowest BCUT2D eigenvalue weighted by Gasteiger charge is -2.33. The second-order valence-electron chi connectivity index (χ2n) is 4.06. The summed E-state index contributed by atoms with van der Waals surface area (Å²) in [5.41, 5.74) is 0. The summed E-state index contributed by atoms with van der Waals surface area (Å²) >= 11 is 3.48. The van der Waals surface area contributed by atoms with Crippen molar-refractivity contribution in [1.29, 1.82) is 0 Å². The first-order valence-electron chi connectivity index (χ1n) is 5.14. The Kier molecular flexibility index (Phi) is 3.12. The Morgan fingerprint density at radius 2 is 2.14 bits per heavy atom. The number of ether oxygens (including phenoxy) is 1. The molecule has 2 rings (SSSR count). The van der Waals surface area contributed by atoms with E-state index in [0.717, 1.165) is 28.7 Å². The topological polar surface area (TPSA) is 9.23 Å². The molecule has 0 spiro atoms. The van der Waals surface area contributed by atoms with Crippen molar-refractivity contribution in [2.24, 2.45) is 11.8 Å². The Bertz CT molecular complexity index is 311. The quantitative estimate of drug-likeness (QED) is 0.796. The van der Waals surface area contributed by atoms with Crippen LogP contribution in [-0.2, 0) is 0 Å². The van der Waals surface area contributed by atoms with Crippen molar-refractivity contribution in [3.8, 4) is 5.75 Å². The van der Waals surface area contributed by atoms with Crippen molar-refractivity contribution in [2.75, 3.05) is 6.61 Å². The molecule has 2 atom stereocenters. The van der Waals surface area contributed by atoms with Gasteiger partial charge in [-0.05, 0) is 52.7 Å². The van der Waals surface area contributed by atoms with Crippen LogP contribution in [-0.4, -0.2) is 6.61 Å². The minimum Gasteiger partial charge on any atom is -0.492 e. The van der Waals surface area contributed by atoms with Gasteiger partial charge in [0.25, 0.3) is 0 Å². The van der Waals surface area contributed by atoms with Crippen molar-refractivity contribution in [2.45, 2.75) is 19.8 Å². The molecule has 1 aromatic rings. The molecule has 0 heterocycles. The minimum atomic E-state index is 0.766. The van der Waals surface area contributed by atoms with Crippen LogP contribution < -0.4 is 4.74 Å². The molecule has 0 N–H and O–H groups in total. The molecular formula is C12H15BrO. The van der Waals surface area contributed by atoms with E-state index in [4.69, 9.17) is 4.74 Å². The van der Waals surface area contributed by atoms with E-state index >= 15 is 0 Å². The highest BCUT2D eigenvalue weighted by Crippen LogP contribution is 2.34. The van der Waals surface area contributed by atoms with Crippen molar-refractivity contribution in [3.63, 3.8) is 0 Å². The van der Waals surface area contributed by atoms with Gasteiger partial charge >= 0.3 is 0 Å². The Morgan fingerprint density at radius 1 is 1.36 bits per heavy atom. The van der Waals surface area contributed by atoms with Crippen LogP contribution >= 0.6 is 15.9 Å². The minimum absolute atomic E-state index is 0.766. The van der Waals surface area contributed by atoms with Gasteiger partial charge < -0.3 is 4.74 Å². The Labute approximate surface area is 93.6 Å². The van der Waals surface area contributed by atoms with E-state index in [0.29, 0.717) is 0 Å². The Balaban J connectivity index is 1.88. The van der Waals surface area contributed by atoms with Gasteiger partial charge in [-0.15, -0.1) is 0 Å². The number of benzene rings is 1. The molecule has 1 aromatic carbocycles. The third-order valence-corrected chi connectivity index (χ3v) is 3.74. The zero-order chi connectivity index (χ0) is 9.97. The van der Waals surface area contributed by atoms with Crippen LogP contribution in [0, 0.1) is 11.8 Å². The molecule has 0 radical (unpaired) electrons. The third-order valence-electron chi connectivity index (χ3n) is 3.09. The highest BCUT2D eigenvalue weighted by Gasteiger charge is 2.27. The van der Waals surface area contributed by atoms with Gasteiger partial charge in [-0.3, -0.25) is 0 Å². The summed E-state index contributed by atoms with van der Waals surface area (Å²) in [7, 11) is 0. The van der Waals surface area contributed by atoms with Gasteiger partial charge in [0, 0.05) is 0 Å².